The Morgan fingerprint density at radius 3 is 2.60 bits per heavy atom. The molecule has 42 heavy (non-hydrogen) atoms. The van der Waals surface area contributed by atoms with Crippen LogP contribution in [-0.2, 0) is 11.2 Å². The lowest BCUT2D eigenvalue weighted by molar-refractivity contribution is -0.278. The molecule has 6 N–H and O–H groups in total. The second kappa shape index (κ2) is 13.5. The molecule has 1 aromatic carbocycles. The Kier molecular flexibility index (Phi) is 10.0. The lowest BCUT2D eigenvalue weighted by Crippen LogP contribution is -2.60. The molecular formula is C32H48N4O6. The van der Waals surface area contributed by atoms with Gasteiger partial charge in [0.05, 0.1) is 6.61 Å². The second-order valence-corrected chi connectivity index (χ2v) is 12.7. The molecule has 0 radical (unpaired) electrons. The molecule has 3 fully saturated rings. The summed E-state index contributed by atoms with van der Waals surface area (Å²) in [5.74, 6) is 0.404. The summed E-state index contributed by atoms with van der Waals surface area (Å²) in [6.07, 6.45) is 3.23. The van der Waals surface area contributed by atoms with Gasteiger partial charge in [-0.3, -0.25) is 5.10 Å². The summed E-state index contributed by atoms with van der Waals surface area (Å²) in [4.78, 5) is 2.60. The highest BCUT2D eigenvalue weighted by Crippen LogP contribution is 2.37. The number of aliphatic hydroxyl groups is 4. The molecule has 3 aliphatic rings. The van der Waals surface area contributed by atoms with E-state index in [0.717, 1.165) is 35.3 Å². The van der Waals surface area contributed by atoms with Gasteiger partial charge >= 0.3 is 0 Å². The standard InChI is InChI=1S/C32H48N4O6/c1-20(2)26-24(30(35-34-26)42-31-29(40)28(39)27(38)25(18-37)41-31)17-23-8-7-22(16-21(23)3)6-4-5-13-36-14-10-32(11-15-36)9-12-33-19-32/h4,6-8,16,20,25,27-29,31,33,37-40H,5,9-15,17-19H2,1-3H3,(H,34,35)/b6-4+/t25-,27-,28+,29-,31+/m1/s1. The number of aliphatic hydroxyl groups excluding tert-OH is 4. The van der Waals surface area contributed by atoms with Gasteiger partial charge in [-0.2, -0.15) is 0 Å². The summed E-state index contributed by atoms with van der Waals surface area (Å²) in [5.41, 5.74) is 5.75. The Morgan fingerprint density at radius 1 is 1.14 bits per heavy atom. The SMILES string of the molecule is Cc1cc(/C=C/CCN2CCC3(CCNC3)CC2)ccc1Cc1c(O[C@@H]2O[C@H](CO)[C@@H](O)[C@H](O)[C@H]2O)n[nH]c1C(C)C. The van der Waals surface area contributed by atoms with Crippen molar-refractivity contribution < 1.29 is 29.9 Å². The van der Waals surface area contributed by atoms with Crippen molar-refractivity contribution in [1.29, 1.82) is 0 Å². The smallest absolute Gasteiger partial charge is 0.238 e. The van der Waals surface area contributed by atoms with Crippen molar-refractivity contribution in [1.82, 2.24) is 20.4 Å². The van der Waals surface area contributed by atoms with Crippen molar-refractivity contribution in [3.8, 4) is 5.88 Å². The maximum Gasteiger partial charge on any atom is 0.238 e. The van der Waals surface area contributed by atoms with Gasteiger partial charge < -0.3 is 40.1 Å². The number of hydrogen-bond acceptors (Lipinski definition) is 9. The third kappa shape index (κ3) is 6.91. The van der Waals surface area contributed by atoms with Gasteiger partial charge in [-0.25, -0.2) is 0 Å². The van der Waals surface area contributed by atoms with E-state index in [2.05, 4.69) is 71.5 Å². The maximum absolute atomic E-state index is 10.5. The van der Waals surface area contributed by atoms with Crippen molar-refractivity contribution in [2.24, 2.45) is 5.41 Å². The average Bonchev–Trinajstić information content (AvgIpc) is 3.61. The maximum atomic E-state index is 10.5. The minimum absolute atomic E-state index is 0.141. The zero-order chi connectivity index (χ0) is 29.9. The Hall–Kier alpha value is -2.31. The van der Waals surface area contributed by atoms with Crippen molar-refractivity contribution in [3.63, 3.8) is 0 Å². The number of piperidine rings is 1. The number of rotatable bonds is 10. The van der Waals surface area contributed by atoms with E-state index in [1.807, 2.05) is 0 Å². The molecule has 0 aliphatic carbocycles. The van der Waals surface area contributed by atoms with E-state index >= 15 is 0 Å². The first kappa shape index (κ1) is 31.1. The van der Waals surface area contributed by atoms with Crippen LogP contribution < -0.4 is 10.1 Å². The number of aryl methyl sites for hydroxylation is 1. The molecule has 2 aromatic rings. The fraction of sp³-hybridized carbons (Fsp3) is 0.656. The molecular weight excluding hydrogens is 536 g/mol. The van der Waals surface area contributed by atoms with E-state index in [9.17, 15) is 20.4 Å². The first-order chi connectivity index (χ1) is 20.2. The van der Waals surface area contributed by atoms with Crippen LogP contribution >= 0.6 is 0 Å². The topological polar surface area (TPSA) is 143 Å². The minimum atomic E-state index is -1.52. The van der Waals surface area contributed by atoms with E-state index in [1.54, 1.807) is 0 Å². The molecule has 1 spiro atoms. The van der Waals surface area contributed by atoms with E-state index in [-0.39, 0.29) is 11.8 Å². The predicted molar refractivity (Wildman–Crippen MR) is 160 cm³/mol. The van der Waals surface area contributed by atoms with Gasteiger partial charge in [-0.05, 0) is 80.3 Å². The predicted octanol–water partition coefficient (Wildman–Crippen LogP) is 2.09. The summed E-state index contributed by atoms with van der Waals surface area (Å²) in [5, 5.41) is 51.2. The molecule has 10 nitrogen and oxygen atoms in total. The fourth-order valence-electron chi connectivity index (χ4n) is 6.54. The summed E-state index contributed by atoms with van der Waals surface area (Å²) < 4.78 is 11.5. The van der Waals surface area contributed by atoms with Crippen LogP contribution in [0, 0.1) is 12.3 Å². The van der Waals surface area contributed by atoms with Gasteiger partial charge in [0.15, 0.2) is 0 Å². The Morgan fingerprint density at radius 2 is 1.93 bits per heavy atom. The number of benzene rings is 1. The van der Waals surface area contributed by atoms with Gasteiger partial charge in [0.2, 0.25) is 12.2 Å². The number of ether oxygens (including phenoxy) is 2. The number of H-pyrrole nitrogens is 1. The third-order valence-corrected chi connectivity index (χ3v) is 9.42. The third-order valence-electron chi connectivity index (χ3n) is 9.42. The number of nitrogens with one attached hydrogen (secondary N) is 2. The van der Waals surface area contributed by atoms with Crippen LogP contribution in [0.5, 0.6) is 5.88 Å². The molecule has 0 saturated carbocycles. The molecule has 0 bridgehead atoms. The van der Waals surface area contributed by atoms with Gasteiger partial charge in [0, 0.05) is 30.8 Å². The molecule has 3 aliphatic heterocycles. The van der Waals surface area contributed by atoms with Crippen molar-refractivity contribution in [2.45, 2.75) is 89.5 Å². The zero-order valence-electron chi connectivity index (χ0n) is 25.1. The van der Waals surface area contributed by atoms with E-state index in [0.29, 0.717) is 11.8 Å². The van der Waals surface area contributed by atoms with Crippen molar-refractivity contribution in [2.75, 3.05) is 39.3 Å². The average molecular weight is 585 g/mol. The molecule has 3 saturated heterocycles. The number of hydrogen-bond donors (Lipinski definition) is 6. The number of nitrogens with zero attached hydrogens (tertiary/aromatic N) is 2. The molecule has 10 heteroatoms. The van der Waals surface area contributed by atoms with Crippen molar-refractivity contribution in [3.05, 3.63) is 52.2 Å². The molecule has 5 rings (SSSR count). The van der Waals surface area contributed by atoms with Gasteiger partial charge in [-0.15, -0.1) is 5.10 Å². The summed E-state index contributed by atoms with van der Waals surface area (Å²) in [6.45, 7) is 11.6. The van der Waals surface area contributed by atoms with Gasteiger partial charge in [0.1, 0.15) is 24.4 Å². The lowest BCUT2D eigenvalue weighted by atomic mass is 9.78. The van der Waals surface area contributed by atoms with Crippen LogP contribution in [-0.4, -0.2) is 106 Å². The minimum Gasteiger partial charge on any atom is -0.443 e. The Bertz CT molecular complexity index is 1200. The van der Waals surface area contributed by atoms with E-state index < -0.39 is 37.3 Å². The van der Waals surface area contributed by atoms with E-state index in [4.69, 9.17) is 9.47 Å². The largest absolute Gasteiger partial charge is 0.443 e. The van der Waals surface area contributed by atoms with Gasteiger partial charge in [-0.1, -0.05) is 44.2 Å². The van der Waals surface area contributed by atoms with Gasteiger partial charge in [0.25, 0.3) is 0 Å². The zero-order valence-corrected chi connectivity index (χ0v) is 25.1. The molecule has 4 heterocycles. The molecule has 232 valence electrons. The highest BCUT2D eigenvalue weighted by atomic mass is 16.7. The summed E-state index contributed by atoms with van der Waals surface area (Å²) in [6, 6.07) is 6.45. The van der Waals surface area contributed by atoms with Crippen LogP contribution in [0.3, 0.4) is 0 Å². The lowest BCUT2D eigenvalue weighted by Gasteiger charge is -2.39. The molecule has 0 amide bonds. The van der Waals surface area contributed by atoms with E-state index in [1.165, 1.54) is 51.0 Å². The number of aromatic amines is 1. The highest BCUT2D eigenvalue weighted by molar-refractivity contribution is 5.52. The Labute approximate surface area is 248 Å². The molecule has 1 aromatic heterocycles. The number of aromatic nitrogens is 2. The van der Waals surface area contributed by atoms with Crippen LogP contribution in [0.15, 0.2) is 24.3 Å². The normalized spacial score (nSPS) is 28.3. The second-order valence-electron chi connectivity index (χ2n) is 12.7. The van der Waals surface area contributed by atoms with Crippen LogP contribution in [0.2, 0.25) is 0 Å². The van der Waals surface area contributed by atoms with Crippen LogP contribution in [0.1, 0.15) is 73.4 Å². The molecule has 0 unspecified atom stereocenters. The molecule has 5 atom stereocenters. The fourth-order valence-corrected chi connectivity index (χ4v) is 6.54. The first-order valence-corrected chi connectivity index (χ1v) is 15.4. The monoisotopic (exact) mass is 584 g/mol. The summed E-state index contributed by atoms with van der Waals surface area (Å²) >= 11 is 0. The van der Waals surface area contributed by atoms with Crippen molar-refractivity contribution >= 4 is 6.08 Å². The number of likely N-dealkylation sites (tertiary alicyclic amines) is 1. The highest BCUT2D eigenvalue weighted by Gasteiger charge is 2.45. The quantitative estimate of drug-likeness (QED) is 0.247. The first-order valence-electron chi connectivity index (χ1n) is 15.4. The Balaban J connectivity index is 1.20. The van der Waals surface area contributed by atoms with Crippen LogP contribution in [0.25, 0.3) is 6.08 Å². The summed E-state index contributed by atoms with van der Waals surface area (Å²) in [7, 11) is 0. The van der Waals surface area contributed by atoms with Crippen LogP contribution in [0.4, 0.5) is 0 Å².